The second kappa shape index (κ2) is 10.7. The normalized spacial score (nSPS) is 16.4. The van der Waals surface area contributed by atoms with Crippen LogP contribution in [0.2, 0.25) is 0 Å². The number of ketones is 1. The van der Waals surface area contributed by atoms with Crippen molar-refractivity contribution in [3.63, 3.8) is 0 Å². The highest BCUT2D eigenvalue weighted by molar-refractivity contribution is 7.89. The maximum absolute atomic E-state index is 12.9. The maximum Gasteiger partial charge on any atom is 0.414 e. The third-order valence-electron chi connectivity index (χ3n) is 4.83. The number of fused-ring (bicyclic) bond motifs is 1. The molecule has 2 N–H and O–H groups in total. The number of hydrogen-bond acceptors (Lipinski definition) is 9. The molecular weight excluding hydrogens is 476 g/mol. The van der Waals surface area contributed by atoms with Crippen LogP contribution < -0.4 is 9.47 Å². The number of rotatable bonds is 5. The molecule has 3 heterocycles. The number of nitrogens with zero attached hydrogens (tertiary/aromatic N) is 2. The van der Waals surface area contributed by atoms with Gasteiger partial charge in [-0.25, -0.2) is 18.0 Å². The quantitative estimate of drug-likeness (QED) is 0.449. The topological polar surface area (TPSA) is 151 Å². The average molecular weight is 499 g/mol. The molecule has 33 heavy (non-hydrogen) atoms. The van der Waals surface area contributed by atoms with Crippen LogP contribution in [0.4, 0.5) is 0 Å². The number of Topliss-reactive ketones (excluding diaryl/α,β-unsaturated/α-hetero) is 1. The predicted molar refractivity (Wildman–Crippen MR) is 117 cm³/mol. The lowest BCUT2D eigenvalue weighted by Crippen LogP contribution is -2.49. The van der Waals surface area contributed by atoms with Gasteiger partial charge in [0.25, 0.3) is 0 Å². The fourth-order valence-electron chi connectivity index (χ4n) is 3.18. The van der Waals surface area contributed by atoms with Gasteiger partial charge in [-0.05, 0) is 23.6 Å². The summed E-state index contributed by atoms with van der Waals surface area (Å²) in [7, 11) is -3.60. The number of carboxylic acids is 2. The first-order valence-electron chi connectivity index (χ1n) is 9.83. The highest BCUT2D eigenvalue weighted by atomic mass is 32.2. The Kier molecular flexibility index (Phi) is 8.02. The van der Waals surface area contributed by atoms with Gasteiger partial charge >= 0.3 is 11.9 Å². The zero-order valence-electron chi connectivity index (χ0n) is 17.4. The van der Waals surface area contributed by atoms with E-state index in [-0.39, 0.29) is 10.7 Å². The van der Waals surface area contributed by atoms with Gasteiger partial charge in [0.2, 0.25) is 10.0 Å². The standard InChI is InChI=1S/C18H20N2O5S2.C2H2O4/c21-15(18-2-1-11-26-18)13-19-5-7-20(8-6-19)27(22,23)14-3-4-16-17(12-14)25-10-9-24-16;3-1(4)2(5)6/h1-4,11-12H,5-10,13H2;(H,3,4)(H,5,6). The number of ether oxygens (including phenoxy) is 2. The summed E-state index contributed by atoms with van der Waals surface area (Å²) in [5, 5.41) is 16.7. The van der Waals surface area contributed by atoms with Gasteiger partial charge in [-0.3, -0.25) is 9.69 Å². The van der Waals surface area contributed by atoms with E-state index in [4.69, 9.17) is 29.3 Å². The van der Waals surface area contributed by atoms with Crippen LogP contribution >= 0.6 is 11.3 Å². The Morgan fingerprint density at radius 1 is 0.939 bits per heavy atom. The third kappa shape index (κ3) is 6.28. The number of aliphatic carboxylic acids is 2. The minimum atomic E-state index is -3.60. The maximum atomic E-state index is 12.9. The Morgan fingerprint density at radius 2 is 1.58 bits per heavy atom. The van der Waals surface area contributed by atoms with E-state index >= 15 is 0 Å². The zero-order valence-corrected chi connectivity index (χ0v) is 19.0. The van der Waals surface area contributed by atoms with Crippen molar-refractivity contribution >= 4 is 39.1 Å². The second-order valence-electron chi connectivity index (χ2n) is 7.00. The molecule has 0 unspecified atom stereocenters. The first-order valence-corrected chi connectivity index (χ1v) is 12.2. The Labute approximate surface area is 193 Å². The molecule has 11 nitrogen and oxygen atoms in total. The number of carbonyl (C=O) groups excluding carboxylic acids is 1. The molecule has 0 radical (unpaired) electrons. The first kappa shape index (κ1) is 24.6. The number of carboxylic acid groups (broad SMARTS) is 2. The van der Waals surface area contributed by atoms with E-state index in [9.17, 15) is 13.2 Å². The van der Waals surface area contributed by atoms with Gasteiger partial charge in [-0.1, -0.05) is 6.07 Å². The third-order valence-corrected chi connectivity index (χ3v) is 7.63. The largest absolute Gasteiger partial charge is 0.486 e. The van der Waals surface area contributed by atoms with Crippen LogP contribution in [0.5, 0.6) is 11.5 Å². The summed E-state index contributed by atoms with van der Waals surface area (Å²) in [5.41, 5.74) is 0. The van der Waals surface area contributed by atoms with Crippen LogP contribution in [-0.2, 0) is 19.6 Å². The first-order chi connectivity index (χ1) is 15.7. The van der Waals surface area contributed by atoms with Crippen molar-refractivity contribution in [2.45, 2.75) is 4.90 Å². The summed E-state index contributed by atoms with van der Waals surface area (Å²) in [6.45, 7) is 2.96. The van der Waals surface area contributed by atoms with E-state index in [2.05, 4.69) is 0 Å². The molecule has 0 atom stereocenters. The van der Waals surface area contributed by atoms with E-state index in [1.165, 1.54) is 21.7 Å². The van der Waals surface area contributed by atoms with E-state index < -0.39 is 22.0 Å². The highest BCUT2D eigenvalue weighted by Crippen LogP contribution is 2.33. The summed E-state index contributed by atoms with van der Waals surface area (Å²) >= 11 is 1.43. The van der Waals surface area contributed by atoms with Crippen molar-refractivity contribution < 1.29 is 42.5 Å². The van der Waals surface area contributed by atoms with Gasteiger partial charge in [0, 0.05) is 32.2 Å². The van der Waals surface area contributed by atoms with Gasteiger partial charge in [0.05, 0.1) is 16.3 Å². The van der Waals surface area contributed by atoms with Crippen LogP contribution in [0.1, 0.15) is 9.67 Å². The molecule has 178 valence electrons. The molecule has 2 aliphatic heterocycles. The number of piperazine rings is 1. The molecule has 1 aromatic carbocycles. The minimum absolute atomic E-state index is 0.0770. The van der Waals surface area contributed by atoms with Crippen molar-refractivity contribution in [2.24, 2.45) is 0 Å². The number of thiophene rings is 1. The smallest absolute Gasteiger partial charge is 0.414 e. The van der Waals surface area contributed by atoms with Gasteiger partial charge < -0.3 is 19.7 Å². The zero-order chi connectivity index (χ0) is 24.0. The molecule has 0 bridgehead atoms. The molecule has 2 aromatic rings. The summed E-state index contributed by atoms with van der Waals surface area (Å²) in [6, 6.07) is 8.38. The molecule has 0 aliphatic carbocycles. The van der Waals surface area contributed by atoms with Crippen molar-refractivity contribution in [1.82, 2.24) is 9.21 Å². The van der Waals surface area contributed by atoms with Crippen LogP contribution in [0, 0.1) is 0 Å². The fraction of sp³-hybridized carbons (Fsp3) is 0.350. The van der Waals surface area contributed by atoms with Gasteiger partial charge in [-0.2, -0.15) is 4.31 Å². The Bertz CT molecular complexity index is 1100. The number of hydrogen-bond donors (Lipinski definition) is 2. The lowest BCUT2D eigenvalue weighted by atomic mass is 10.2. The average Bonchev–Trinajstić information content (AvgIpc) is 3.35. The fourth-order valence-corrected chi connectivity index (χ4v) is 5.27. The molecular formula is C20H22N2O9S2. The molecule has 0 saturated carbocycles. The molecule has 1 fully saturated rings. The lowest BCUT2D eigenvalue weighted by molar-refractivity contribution is -0.159. The van der Waals surface area contributed by atoms with Crippen LogP contribution in [0.25, 0.3) is 0 Å². The monoisotopic (exact) mass is 498 g/mol. The van der Waals surface area contributed by atoms with Crippen molar-refractivity contribution in [1.29, 1.82) is 0 Å². The Morgan fingerprint density at radius 3 is 2.15 bits per heavy atom. The van der Waals surface area contributed by atoms with E-state index in [1.807, 2.05) is 22.4 Å². The summed E-state index contributed by atoms with van der Waals surface area (Å²) in [5.74, 6) is -2.54. The van der Waals surface area contributed by atoms with Crippen LogP contribution in [0.3, 0.4) is 0 Å². The number of benzene rings is 1. The van der Waals surface area contributed by atoms with Crippen molar-refractivity contribution in [3.05, 3.63) is 40.6 Å². The number of sulfonamides is 1. The molecule has 1 saturated heterocycles. The summed E-state index contributed by atoms with van der Waals surface area (Å²) in [4.78, 5) is 33.4. The molecule has 1 aromatic heterocycles. The highest BCUT2D eigenvalue weighted by Gasteiger charge is 2.30. The SMILES string of the molecule is O=C(CN1CCN(S(=O)(=O)c2ccc3c(c2)OCCO3)CC1)c1cccs1.O=C(O)C(=O)O. The molecule has 0 amide bonds. The molecule has 2 aliphatic rings. The molecule has 13 heteroatoms. The second-order valence-corrected chi connectivity index (χ2v) is 9.88. The molecule has 4 rings (SSSR count). The van der Waals surface area contributed by atoms with Crippen LogP contribution in [-0.4, -0.2) is 91.5 Å². The van der Waals surface area contributed by atoms with Gasteiger partial charge in [0.1, 0.15) is 13.2 Å². The lowest BCUT2D eigenvalue weighted by Gasteiger charge is -2.33. The van der Waals surface area contributed by atoms with E-state index in [0.29, 0.717) is 57.4 Å². The predicted octanol–water partition coefficient (Wildman–Crippen LogP) is 0.864. The van der Waals surface area contributed by atoms with E-state index in [1.54, 1.807) is 12.1 Å². The Hall–Kier alpha value is -3.00. The van der Waals surface area contributed by atoms with E-state index in [0.717, 1.165) is 4.88 Å². The summed E-state index contributed by atoms with van der Waals surface area (Å²) in [6.07, 6.45) is 0. The summed E-state index contributed by atoms with van der Waals surface area (Å²) < 4.78 is 38.3. The van der Waals surface area contributed by atoms with Gasteiger partial charge in [-0.15, -0.1) is 11.3 Å². The minimum Gasteiger partial charge on any atom is -0.486 e. The van der Waals surface area contributed by atoms with Crippen LogP contribution in [0.15, 0.2) is 40.6 Å². The van der Waals surface area contributed by atoms with Gasteiger partial charge in [0.15, 0.2) is 17.3 Å². The molecule has 0 spiro atoms. The van der Waals surface area contributed by atoms with Crippen molar-refractivity contribution in [3.8, 4) is 11.5 Å². The van der Waals surface area contributed by atoms with Crippen molar-refractivity contribution in [2.75, 3.05) is 45.9 Å². The Balaban J connectivity index is 0.000000454. The number of carbonyl (C=O) groups is 3.